The minimum atomic E-state index is 0.620. The summed E-state index contributed by atoms with van der Waals surface area (Å²) in [7, 11) is 3.52. The third-order valence-corrected chi connectivity index (χ3v) is 5.02. The fourth-order valence-electron chi connectivity index (χ4n) is 3.64. The van der Waals surface area contributed by atoms with Crippen molar-refractivity contribution in [2.45, 2.75) is 25.9 Å². The monoisotopic (exact) mass is 358 g/mol. The molecule has 6 nitrogen and oxygen atoms in total. The fourth-order valence-corrected chi connectivity index (χ4v) is 3.64. The molecule has 2 heterocycles. The highest BCUT2D eigenvalue weighted by Crippen LogP contribution is 2.28. The van der Waals surface area contributed by atoms with Gasteiger partial charge in [-0.25, -0.2) is 0 Å². The van der Waals surface area contributed by atoms with Crippen LogP contribution in [0.4, 0.5) is 0 Å². The van der Waals surface area contributed by atoms with Crippen molar-refractivity contribution in [1.82, 2.24) is 15.1 Å². The molecule has 1 aromatic rings. The van der Waals surface area contributed by atoms with Crippen LogP contribution >= 0.6 is 0 Å². The Morgan fingerprint density at radius 1 is 1.27 bits per heavy atom. The lowest BCUT2D eigenvalue weighted by molar-refractivity contribution is 0.259. The second-order valence-electron chi connectivity index (χ2n) is 6.63. The van der Waals surface area contributed by atoms with E-state index in [-0.39, 0.29) is 0 Å². The van der Waals surface area contributed by atoms with Gasteiger partial charge < -0.3 is 19.7 Å². The van der Waals surface area contributed by atoms with Gasteiger partial charge in [-0.15, -0.1) is 0 Å². The first-order valence-corrected chi connectivity index (χ1v) is 9.39. The summed E-state index contributed by atoms with van der Waals surface area (Å²) in [6.45, 7) is 7.56. The van der Waals surface area contributed by atoms with E-state index in [0.29, 0.717) is 19.2 Å². The number of guanidine groups is 1. The molecular weight excluding hydrogens is 328 g/mol. The maximum Gasteiger partial charge on any atom is 0.193 e. The fraction of sp³-hybridized carbons (Fsp3) is 0.550. The summed E-state index contributed by atoms with van der Waals surface area (Å²) in [5, 5.41) is 3.49. The molecule has 1 saturated heterocycles. The molecule has 142 valence electrons. The molecule has 1 unspecified atom stereocenters. The Bertz CT molecular complexity index is 651. The second kappa shape index (κ2) is 8.94. The number of nitrogens with one attached hydrogen (secondary N) is 1. The van der Waals surface area contributed by atoms with E-state index in [0.717, 1.165) is 49.2 Å². The quantitative estimate of drug-likeness (QED) is 0.480. The highest BCUT2D eigenvalue weighted by atomic mass is 16.5. The third kappa shape index (κ3) is 4.30. The van der Waals surface area contributed by atoms with E-state index >= 15 is 0 Å². The smallest absolute Gasteiger partial charge is 0.193 e. The zero-order valence-electron chi connectivity index (χ0n) is 16.1. The minimum Gasteiger partial charge on any atom is -0.493 e. The van der Waals surface area contributed by atoms with Gasteiger partial charge in [0.25, 0.3) is 0 Å². The Kier molecular flexibility index (Phi) is 6.39. The van der Waals surface area contributed by atoms with Gasteiger partial charge in [0.2, 0.25) is 0 Å². The molecule has 0 amide bonds. The minimum absolute atomic E-state index is 0.620. The van der Waals surface area contributed by atoms with Gasteiger partial charge in [-0.3, -0.25) is 9.89 Å². The average Bonchev–Trinajstić information content (AvgIpc) is 3.34. The Morgan fingerprint density at radius 2 is 2.08 bits per heavy atom. The van der Waals surface area contributed by atoms with Crippen LogP contribution in [0.3, 0.4) is 0 Å². The van der Waals surface area contributed by atoms with Crippen LogP contribution in [0.1, 0.15) is 18.9 Å². The number of rotatable bonds is 6. The van der Waals surface area contributed by atoms with E-state index in [1.54, 1.807) is 7.11 Å². The van der Waals surface area contributed by atoms with Crippen molar-refractivity contribution in [3.05, 3.63) is 35.9 Å². The number of aliphatic imine (C=N–C) groups is 1. The predicted octanol–water partition coefficient (Wildman–Crippen LogP) is 2.12. The van der Waals surface area contributed by atoms with Crippen LogP contribution in [0.5, 0.6) is 11.5 Å². The number of benzene rings is 1. The molecule has 6 heteroatoms. The number of methoxy groups -OCH3 is 1. The van der Waals surface area contributed by atoms with Crippen molar-refractivity contribution in [3.8, 4) is 11.5 Å². The molecule has 1 atom stereocenters. The normalized spacial score (nSPS) is 20.7. The van der Waals surface area contributed by atoms with Crippen LogP contribution in [0.15, 0.2) is 35.3 Å². The van der Waals surface area contributed by atoms with Gasteiger partial charge in [0.05, 0.1) is 13.7 Å². The van der Waals surface area contributed by atoms with E-state index in [1.807, 2.05) is 26.1 Å². The summed E-state index contributed by atoms with van der Waals surface area (Å²) in [6, 6.07) is 6.67. The molecule has 0 bridgehead atoms. The lowest BCUT2D eigenvalue weighted by Gasteiger charge is -2.25. The lowest BCUT2D eigenvalue weighted by Crippen LogP contribution is -2.42. The zero-order valence-corrected chi connectivity index (χ0v) is 16.1. The number of ether oxygens (including phenoxy) is 2. The third-order valence-electron chi connectivity index (χ3n) is 5.02. The molecule has 0 saturated carbocycles. The summed E-state index contributed by atoms with van der Waals surface area (Å²) in [4.78, 5) is 9.37. The summed E-state index contributed by atoms with van der Waals surface area (Å²) in [5.41, 5.74) is 1.15. The number of nitrogens with zero attached hydrogens (tertiary/aromatic N) is 3. The van der Waals surface area contributed by atoms with Crippen molar-refractivity contribution in [2.24, 2.45) is 4.99 Å². The molecule has 0 aromatic heterocycles. The van der Waals surface area contributed by atoms with Crippen molar-refractivity contribution < 1.29 is 9.47 Å². The molecular formula is C20H30N4O2. The second-order valence-corrected chi connectivity index (χ2v) is 6.63. The molecule has 3 rings (SSSR count). The van der Waals surface area contributed by atoms with Crippen molar-refractivity contribution in [2.75, 3.05) is 46.9 Å². The van der Waals surface area contributed by atoms with Gasteiger partial charge >= 0.3 is 0 Å². The SMILES string of the molecule is CCOc1cc(CNC(=NC)N2CCC(N3CC=CC3)C2)ccc1OC. The van der Waals surface area contributed by atoms with E-state index in [2.05, 4.69) is 38.3 Å². The van der Waals surface area contributed by atoms with Crippen molar-refractivity contribution >= 4 is 5.96 Å². The summed E-state index contributed by atoms with van der Waals surface area (Å²) in [6.07, 6.45) is 5.71. The standard InChI is InChI=1S/C20H30N4O2/c1-4-26-19-13-16(7-8-18(19)25-3)14-22-20(21-2)24-12-9-17(15-24)23-10-5-6-11-23/h5-8,13,17H,4,9-12,14-15H2,1-3H3,(H,21,22). The molecule has 1 N–H and O–H groups in total. The van der Waals surface area contributed by atoms with Crippen LogP contribution in [0.25, 0.3) is 0 Å². The lowest BCUT2D eigenvalue weighted by atomic mass is 10.2. The predicted molar refractivity (Wildman–Crippen MR) is 105 cm³/mol. The van der Waals surface area contributed by atoms with Crippen LogP contribution in [0.2, 0.25) is 0 Å². The molecule has 2 aliphatic rings. The van der Waals surface area contributed by atoms with E-state index in [1.165, 1.54) is 6.42 Å². The zero-order chi connectivity index (χ0) is 18.4. The Morgan fingerprint density at radius 3 is 2.77 bits per heavy atom. The summed E-state index contributed by atoms with van der Waals surface area (Å²) < 4.78 is 11.0. The molecule has 2 aliphatic heterocycles. The molecule has 26 heavy (non-hydrogen) atoms. The Labute approximate surface area is 156 Å². The molecule has 1 aromatic carbocycles. The van der Waals surface area contributed by atoms with Gasteiger partial charge in [-0.1, -0.05) is 18.2 Å². The average molecular weight is 358 g/mol. The maximum absolute atomic E-state index is 5.67. The van der Waals surface area contributed by atoms with Gasteiger partial charge in [0.15, 0.2) is 17.5 Å². The molecule has 1 fully saturated rings. The first-order chi connectivity index (χ1) is 12.7. The van der Waals surface area contributed by atoms with Crippen LogP contribution < -0.4 is 14.8 Å². The van der Waals surface area contributed by atoms with Gasteiger partial charge in [0.1, 0.15) is 0 Å². The van der Waals surface area contributed by atoms with Gasteiger partial charge in [-0.05, 0) is 31.0 Å². The van der Waals surface area contributed by atoms with Crippen molar-refractivity contribution in [1.29, 1.82) is 0 Å². The van der Waals surface area contributed by atoms with Gasteiger partial charge in [-0.2, -0.15) is 0 Å². The number of likely N-dealkylation sites (tertiary alicyclic amines) is 1. The van der Waals surface area contributed by atoms with E-state index in [4.69, 9.17) is 9.47 Å². The Hall–Kier alpha value is -2.21. The van der Waals surface area contributed by atoms with Crippen LogP contribution in [-0.2, 0) is 6.54 Å². The van der Waals surface area contributed by atoms with Crippen LogP contribution in [-0.4, -0.2) is 68.7 Å². The van der Waals surface area contributed by atoms with Crippen LogP contribution in [0, 0.1) is 0 Å². The largest absolute Gasteiger partial charge is 0.493 e. The van der Waals surface area contributed by atoms with E-state index in [9.17, 15) is 0 Å². The highest BCUT2D eigenvalue weighted by Gasteiger charge is 2.29. The highest BCUT2D eigenvalue weighted by molar-refractivity contribution is 5.80. The summed E-state index contributed by atoms with van der Waals surface area (Å²) >= 11 is 0. The summed E-state index contributed by atoms with van der Waals surface area (Å²) in [5.74, 6) is 2.52. The van der Waals surface area contributed by atoms with Crippen molar-refractivity contribution in [3.63, 3.8) is 0 Å². The number of hydrogen-bond acceptors (Lipinski definition) is 4. The topological polar surface area (TPSA) is 49.3 Å². The maximum atomic E-state index is 5.67. The first kappa shape index (κ1) is 18.6. The first-order valence-electron chi connectivity index (χ1n) is 9.39. The molecule has 0 aliphatic carbocycles. The Balaban J connectivity index is 1.57. The van der Waals surface area contributed by atoms with E-state index < -0.39 is 0 Å². The van der Waals surface area contributed by atoms with Gasteiger partial charge in [0, 0.05) is 45.8 Å². The molecule has 0 spiro atoms. The number of hydrogen-bond donors (Lipinski definition) is 1. The molecule has 0 radical (unpaired) electrons.